The molecule has 6 nitrogen and oxygen atoms in total. The third kappa shape index (κ3) is 5.85. The van der Waals surface area contributed by atoms with Crippen LogP contribution in [0.1, 0.15) is 43.1 Å². The number of amides is 2. The van der Waals surface area contributed by atoms with Crippen LogP contribution in [0.2, 0.25) is 0 Å². The lowest BCUT2D eigenvalue weighted by atomic mass is 9.82. The molecule has 2 aromatic rings. The Bertz CT molecular complexity index is 900. The van der Waals surface area contributed by atoms with Gasteiger partial charge in [0.2, 0.25) is 0 Å². The van der Waals surface area contributed by atoms with E-state index in [1.165, 1.54) is 5.56 Å². The number of nitrogens with zero attached hydrogens (tertiary/aromatic N) is 2. The summed E-state index contributed by atoms with van der Waals surface area (Å²) < 4.78 is 5.66. The second-order valence-corrected chi connectivity index (χ2v) is 8.74. The summed E-state index contributed by atoms with van der Waals surface area (Å²) in [7, 11) is 2.05. The van der Waals surface area contributed by atoms with E-state index in [9.17, 15) is 9.59 Å². The summed E-state index contributed by atoms with van der Waals surface area (Å²) in [6, 6.07) is 15.0. The predicted molar refractivity (Wildman–Crippen MR) is 124 cm³/mol. The molecule has 2 aromatic carbocycles. The minimum absolute atomic E-state index is 0.0564. The maximum absolute atomic E-state index is 13.0. The molecule has 2 amide bonds. The van der Waals surface area contributed by atoms with Crippen LogP contribution in [0.3, 0.4) is 0 Å². The first-order chi connectivity index (χ1) is 14.8. The van der Waals surface area contributed by atoms with E-state index in [2.05, 4.69) is 31.0 Å². The molecule has 0 atom stereocenters. The van der Waals surface area contributed by atoms with E-state index in [-0.39, 0.29) is 23.8 Å². The van der Waals surface area contributed by atoms with Crippen molar-refractivity contribution in [2.75, 3.05) is 45.2 Å². The Morgan fingerprint density at radius 1 is 1.00 bits per heavy atom. The van der Waals surface area contributed by atoms with E-state index in [4.69, 9.17) is 4.74 Å². The molecule has 0 spiro atoms. The van der Waals surface area contributed by atoms with E-state index in [1.54, 1.807) is 12.1 Å². The van der Waals surface area contributed by atoms with Gasteiger partial charge in [-0.3, -0.25) is 9.59 Å². The number of likely N-dealkylation sites (N-methyl/N-ethyl adjacent to an activating group) is 1. The molecule has 0 unspecified atom stereocenters. The molecule has 1 saturated heterocycles. The third-order valence-electron chi connectivity index (χ3n) is 6.11. The summed E-state index contributed by atoms with van der Waals surface area (Å²) in [5, 5.41) is 2.83. The molecule has 166 valence electrons. The molecule has 0 aliphatic carbocycles. The fraction of sp³-hybridized carbons (Fsp3) is 0.440. The van der Waals surface area contributed by atoms with Crippen molar-refractivity contribution in [3.05, 3.63) is 59.7 Å². The number of ether oxygens (including phenoxy) is 1. The SMILES string of the molecule is CCC(C)(C)c1ccc(OCC(=O)Nc2ccccc2C(=O)N2CCN(C)CC2)cc1. The average Bonchev–Trinajstić information content (AvgIpc) is 2.78. The quantitative estimate of drug-likeness (QED) is 0.736. The number of anilines is 1. The molecule has 1 N–H and O–H groups in total. The zero-order valence-electron chi connectivity index (χ0n) is 19.0. The van der Waals surface area contributed by atoms with Crippen LogP contribution in [0.25, 0.3) is 0 Å². The number of hydrogen-bond donors (Lipinski definition) is 1. The molecule has 1 aliphatic heterocycles. The molecule has 6 heteroatoms. The molecular formula is C25H33N3O3. The fourth-order valence-corrected chi connectivity index (χ4v) is 3.50. The minimum Gasteiger partial charge on any atom is -0.484 e. The summed E-state index contributed by atoms with van der Waals surface area (Å²) in [4.78, 5) is 29.5. The second kappa shape index (κ2) is 9.96. The monoisotopic (exact) mass is 423 g/mol. The first kappa shape index (κ1) is 22.8. The first-order valence-corrected chi connectivity index (χ1v) is 10.9. The molecule has 0 saturated carbocycles. The van der Waals surface area contributed by atoms with Gasteiger partial charge in [-0.25, -0.2) is 0 Å². The summed E-state index contributed by atoms with van der Waals surface area (Å²) in [6.45, 7) is 9.53. The second-order valence-electron chi connectivity index (χ2n) is 8.74. The van der Waals surface area contributed by atoms with Crippen molar-refractivity contribution in [1.82, 2.24) is 9.80 Å². The molecule has 1 aliphatic rings. The average molecular weight is 424 g/mol. The van der Waals surface area contributed by atoms with Crippen molar-refractivity contribution in [1.29, 1.82) is 0 Å². The van der Waals surface area contributed by atoms with Gasteiger partial charge in [0.25, 0.3) is 11.8 Å². The summed E-state index contributed by atoms with van der Waals surface area (Å²) in [6.07, 6.45) is 1.04. The highest BCUT2D eigenvalue weighted by molar-refractivity contribution is 6.04. The molecule has 3 rings (SSSR count). The number of benzene rings is 2. The number of hydrogen-bond acceptors (Lipinski definition) is 4. The highest BCUT2D eigenvalue weighted by atomic mass is 16.5. The van der Waals surface area contributed by atoms with Gasteiger partial charge in [-0.15, -0.1) is 0 Å². The van der Waals surface area contributed by atoms with E-state index < -0.39 is 0 Å². The molecule has 0 bridgehead atoms. The number of para-hydroxylation sites is 1. The topological polar surface area (TPSA) is 61.9 Å². The van der Waals surface area contributed by atoms with Crippen LogP contribution >= 0.6 is 0 Å². The van der Waals surface area contributed by atoms with Crippen LogP contribution in [0.15, 0.2) is 48.5 Å². The van der Waals surface area contributed by atoms with Crippen LogP contribution in [0, 0.1) is 0 Å². The summed E-state index contributed by atoms with van der Waals surface area (Å²) in [5.74, 6) is 0.295. The zero-order valence-corrected chi connectivity index (χ0v) is 19.0. The van der Waals surface area contributed by atoms with Crippen LogP contribution in [0.5, 0.6) is 5.75 Å². The highest BCUT2D eigenvalue weighted by Crippen LogP contribution is 2.28. The largest absolute Gasteiger partial charge is 0.484 e. The number of piperazine rings is 1. The number of carbonyl (C=O) groups is 2. The van der Waals surface area contributed by atoms with Crippen molar-refractivity contribution in [2.24, 2.45) is 0 Å². The van der Waals surface area contributed by atoms with Gasteiger partial charge in [-0.05, 0) is 48.7 Å². The Kier molecular flexibility index (Phi) is 7.33. The summed E-state index contributed by atoms with van der Waals surface area (Å²) in [5.41, 5.74) is 2.37. The normalized spacial score (nSPS) is 14.9. The maximum atomic E-state index is 13.0. The Morgan fingerprint density at radius 3 is 2.29 bits per heavy atom. The van der Waals surface area contributed by atoms with E-state index in [0.29, 0.717) is 30.1 Å². The van der Waals surface area contributed by atoms with E-state index in [1.807, 2.05) is 48.3 Å². The molecule has 0 aromatic heterocycles. The Balaban J connectivity index is 1.59. The van der Waals surface area contributed by atoms with Crippen LogP contribution in [-0.4, -0.2) is 61.4 Å². The van der Waals surface area contributed by atoms with Gasteiger partial charge in [0.05, 0.1) is 11.3 Å². The van der Waals surface area contributed by atoms with E-state index >= 15 is 0 Å². The van der Waals surface area contributed by atoms with Gasteiger partial charge >= 0.3 is 0 Å². The lowest BCUT2D eigenvalue weighted by Gasteiger charge is -2.32. The lowest BCUT2D eigenvalue weighted by molar-refractivity contribution is -0.118. The van der Waals surface area contributed by atoms with Gasteiger partial charge in [0.1, 0.15) is 5.75 Å². The smallest absolute Gasteiger partial charge is 0.262 e. The van der Waals surface area contributed by atoms with Crippen molar-refractivity contribution in [3.8, 4) is 5.75 Å². The molecule has 1 fully saturated rings. The van der Waals surface area contributed by atoms with Gasteiger partial charge in [0.15, 0.2) is 6.61 Å². The summed E-state index contributed by atoms with van der Waals surface area (Å²) >= 11 is 0. The van der Waals surface area contributed by atoms with Gasteiger partial charge in [-0.2, -0.15) is 0 Å². The van der Waals surface area contributed by atoms with E-state index in [0.717, 1.165) is 19.5 Å². The number of carbonyl (C=O) groups excluding carboxylic acids is 2. The van der Waals surface area contributed by atoms with Crippen molar-refractivity contribution < 1.29 is 14.3 Å². The molecular weight excluding hydrogens is 390 g/mol. The Hall–Kier alpha value is -2.86. The van der Waals surface area contributed by atoms with Crippen LogP contribution < -0.4 is 10.1 Å². The van der Waals surface area contributed by atoms with Crippen molar-refractivity contribution in [2.45, 2.75) is 32.6 Å². The standard InChI is InChI=1S/C25H33N3O3/c1-5-25(2,3)19-10-12-20(13-11-19)31-18-23(29)26-22-9-7-6-8-21(22)24(30)28-16-14-27(4)15-17-28/h6-13H,5,14-18H2,1-4H3,(H,26,29). The highest BCUT2D eigenvalue weighted by Gasteiger charge is 2.23. The number of nitrogens with one attached hydrogen (secondary N) is 1. The van der Waals surface area contributed by atoms with Crippen molar-refractivity contribution in [3.63, 3.8) is 0 Å². The van der Waals surface area contributed by atoms with Crippen molar-refractivity contribution >= 4 is 17.5 Å². The Labute approximate surface area is 185 Å². The lowest BCUT2D eigenvalue weighted by Crippen LogP contribution is -2.47. The van der Waals surface area contributed by atoms with Gasteiger partial charge < -0.3 is 19.9 Å². The van der Waals surface area contributed by atoms with Crippen LogP contribution in [0.4, 0.5) is 5.69 Å². The van der Waals surface area contributed by atoms with Crippen LogP contribution in [-0.2, 0) is 10.2 Å². The molecule has 31 heavy (non-hydrogen) atoms. The Morgan fingerprint density at radius 2 is 1.65 bits per heavy atom. The van der Waals surface area contributed by atoms with Gasteiger partial charge in [0, 0.05) is 26.2 Å². The van der Waals surface area contributed by atoms with Gasteiger partial charge in [-0.1, -0.05) is 45.0 Å². The third-order valence-corrected chi connectivity index (χ3v) is 6.11. The fourth-order valence-electron chi connectivity index (χ4n) is 3.50. The molecule has 1 heterocycles. The maximum Gasteiger partial charge on any atom is 0.262 e. The minimum atomic E-state index is -0.295. The number of rotatable bonds is 7. The first-order valence-electron chi connectivity index (χ1n) is 10.9. The predicted octanol–water partition coefficient (Wildman–Crippen LogP) is 3.78. The molecule has 0 radical (unpaired) electrons. The zero-order chi connectivity index (χ0) is 22.4.